The lowest BCUT2D eigenvalue weighted by Crippen LogP contribution is -3.05. The quantitative estimate of drug-likeness (QED) is 0.699. The number of amides is 2. The van der Waals surface area contributed by atoms with Crippen molar-refractivity contribution in [3.05, 3.63) is 0 Å². The fourth-order valence-corrected chi connectivity index (χ4v) is 4.84. The number of aliphatic carboxylic acids is 1. The molecule has 0 aromatic rings. The molecular weight excluding hydrogens is 350 g/mol. The van der Waals surface area contributed by atoms with E-state index in [1.54, 1.807) is 4.90 Å². The lowest BCUT2D eigenvalue weighted by Gasteiger charge is -2.42. The van der Waals surface area contributed by atoms with Crippen molar-refractivity contribution in [3.8, 4) is 0 Å². The van der Waals surface area contributed by atoms with Crippen molar-refractivity contribution in [1.29, 1.82) is 0 Å². The summed E-state index contributed by atoms with van der Waals surface area (Å²) >= 11 is 0. The summed E-state index contributed by atoms with van der Waals surface area (Å²) < 4.78 is 5.44. The van der Waals surface area contributed by atoms with Crippen molar-refractivity contribution >= 4 is 18.0 Å². The zero-order valence-corrected chi connectivity index (χ0v) is 16.6. The Hall–Kier alpha value is -1.83. The number of quaternary nitrogens is 1. The number of carbonyl (C=O) groups is 3. The number of likely N-dealkylation sites (tertiary alicyclic amines) is 1. The first-order valence-corrected chi connectivity index (χ1v) is 9.94. The van der Waals surface area contributed by atoms with Gasteiger partial charge in [0.1, 0.15) is 5.60 Å². The third-order valence-electron chi connectivity index (χ3n) is 6.07. The average Bonchev–Trinajstić information content (AvgIpc) is 2.77. The van der Waals surface area contributed by atoms with Crippen LogP contribution >= 0.6 is 0 Å². The Labute approximate surface area is 160 Å². The second-order valence-electron chi connectivity index (χ2n) is 9.20. The minimum Gasteiger partial charge on any atom is -0.548 e. The van der Waals surface area contributed by atoms with Crippen LogP contribution < -0.4 is 10.4 Å². The van der Waals surface area contributed by atoms with Gasteiger partial charge in [0, 0.05) is 38.8 Å². The van der Waals surface area contributed by atoms with Gasteiger partial charge in [0.25, 0.3) is 5.91 Å². The van der Waals surface area contributed by atoms with E-state index in [1.807, 2.05) is 20.8 Å². The topological polar surface area (TPSA) is 107 Å². The summed E-state index contributed by atoms with van der Waals surface area (Å²) in [6.07, 6.45) is 5.37. The Balaban J connectivity index is 1.76. The maximum atomic E-state index is 13.2. The molecule has 2 amide bonds. The highest BCUT2D eigenvalue weighted by Crippen LogP contribution is 2.37. The molecule has 0 aromatic heterocycles. The molecule has 3 rings (SSSR count). The summed E-state index contributed by atoms with van der Waals surface area (Å²) in [6.45, 7) is 5.98. The predicted octanol–water partition coefficient (Wildman–Crippen LogP) is -0.428. The molecule has 1 saturated carbocycles. The Morgan fingerprint density at radius 2 is 1.70 bits per heavy atom. The second kappa shape index (κ2) is 6.96. The highest BCUT2D eigenvalue weighted by Gasteiger charge is 2.63. The molecule has 2 aliphatic heterocycles. The first-order valence-electron chi connectivity index (χ1n) is 9.94. The van der Waals surface area contributed by atoms with E-state index in [0.717, 1.165) is 32.1 Å². The van der Waals surface area contributed by atoms with Gasteiger partial charge in [-0.2, -0.15) is 0 Å². The fourth-order valence-electron chi connectivity index (χ4n) is 4.84. The lowest BCUT2D eigenvalue weighted by molar-refractivity contribution is -0.779. The fraction of sp³-hybridized carbons (Fsp3) is 0.842. The normalized spacial score (nSPS) is 24.5. The van der Waals surface area contributed by atoms with Crippen molar-refractivity contribution in [2.24, 2.45) is 0 Å². The summed E-state index contributed by atoms with van der Waals surface area (Å²) in [7, 11) is 0. The standard InChI is InChI=1S/C19H31N3O5/c1-17(2,3)27-16(26)21-11-9-19(10-12-21)20-18(7-5-4-6-8-18)15(25)22(19)13-14(23)24/h20H,4-13H2,1-3H3,(H,23,24). The van der Waals surface area contributed by atoms with Crippen LogP contribution in [0.4, 0.5) is 4.79 Å². The zero-order valence-electron chi connectivity index (χ0n) is 16.6. The first-order chi connectivity index (χ1) is 12.6. The van der Waals surface area contributed by atoms with E-state index in [9.17, 15) is 19.5 Å². The van der Waals surface area contributed by atoms with Crippen LogP contribution in [-0.4, -0.2) is 64.2 Å². The molecule has 8 heteroatoms. The molecule has 0 unspecified atom stereocenters. The maximum Gasteiger partial charge on any atom is 0.410 e. The van der Waals surface area contributed by atoms with Crippen LogP contribution in [0.1, 0.15) is 65.7 Å². The van der Waals surface area contributed by atoms with Crippen molar-refractivity contribution in [3.63, 3.8) is 0 Å². The number of carbonyl (C=O) groups excluding carboxylic acids is 3. The smallest absolute Gasteiger partial charge is 0.410 e. The molecular formula is C19H31N3O5. The van der Waals surface area contributed by atoms with Gasteiger partial charge in [0.2, 0.25) is 0 Å². The average molecular weight is 381 g/mol. The van der Waals surface area contributed by atoms with Gasteiger partial charge in [-0.3, -0.25) is 9.69 Å². The predicted molar refractivity (Wildman–Crippen MR) is 94.2 cm³/mol. The molecule has 0 bridgehead atoms. The number of piperidine rings is 1. The molecule has 152 valence electrons. The van der Waals surface area contributed by atoms with E-state index >= 15 is 0 Å². The molecule has 2 heterocycles. The molecule has 3 fully saturated rings. The number of carboxylic acid groups (broad SMARTS) is 1. The zero-order chi connectivity index (χ0) is 19.9. The third kappa shape index (κ3) is 3.90. The number of rotatable bonds is 2. The number of ether oxygens (including phenoxy) is 1. The van der Waals surface area contributed by atoms with Crippen LogP contribution in [0.15, 0.2) is 0 Å². The monoisotopic (exact) mass is 381 g/mol. The molecule has 27 heavy (non-hydrogen) atoms. The number of hydrogen-bond donors (Lipinski definition) is 1. The molecule has 1 aliphatic carbocycles. The van der Waals surface area contributed by atoms with Crippen LogP contribution in [-0.2, 0) is 14.3 Å². The van der Waals surface area contributed by atoms with Crippen molar-refractivity contribution in [2.75, 3.05) is 19.6 Å². The van der Waals surface area contributed by atoms with Gasteiger partial charge in [-0.15, -0.1) is 0 Å². The summed E-state index contributed by atoms with van der Waals surface area (Å²) in [4.78, 5) is 40.0. The van der Waals surface area contributed by atoms with Crippen molar-refractivity contribution in [1.82, 2.24) is 9.80 Å². The minimum absolute atomic E-state index is 0.0721. The van der Waals surface area contributed by atoms with E-state index in [2.05, 4.69) is 5.32 Å². The molecule has 8 nitrogen and oxygen atoms in total. The second-order valence-corrected chi connectivity index (χ2v) is 9.20. The summed E-state index contributed by atoms with van der Waals surface area (Å²) in [5, 5.41) is 13.4. The van der Waals surface area contributed by atoms with E-state index in [0.29, 0.717) is 25.9 Å². The maximum absolute atomic E-state index is 13.2. The molecule has 2 saturated heterocycles. The van der Waals surface area contributed by atoms with Crippen molar-refractivity contribution < 1.29 is 29.5 Å². The lowest BCUT2D eigenvalue weighted by atomic mass is 9.81. The number of hydrogen-bond acceptors (Lipinski definition) is 5. The largest absolute Gasteiger partial charge is 0.548 e. The Morgan fingerprint density at radius 3 is 2.22 bits per heavy atom. The number of nitrogens with two attached hydrogens (primary N) is 1. The minimum atomic E-state index is -1.24. The van der Waals surface area contributed by atoms with Gasteiger partial charge >= 0.3 is 6.09 Å². The Morgan fingerprint density at radius 1 is 1.11 bits per heavy atom. The van der Waals surface area contributed by atoms with Gasteiger partial charge < -0.3 is 24.9 Å². The van der Waals surface area contributed by atoms with Crippen LogP contribution in [0.5, 0.6) is 0 Å². The molecule has 0 radical (unpaired) electrons. The van der Waals surface area contributed by atoms with Gasteiger partial charge in [0.05, 0.1) is 12.5 Å². The summed E-state index contributed by atoms with van der Waals surface area (Å²) in [6, 6.07) is 0. The van der Waals surface area contributed by atoms with Gasteiger partial charge in [-0.25, -0.2) is 4.79 Å². The summed E-state index contributed by atoms with van der Waals surface area (Å²) in [5.74, 6) is -1.31. The third-order valence-corrected chi connectivity index (χ3v) is 6.07. The van der Waals surface area contributed by atoms with Crippen LogP contribution in [0.2, 0.25) is 0 Å². The van der Waals surface area contributed by atoms with Crippen LogP contribution in [0.3, 0.4) is 0 Å². The SMILES string of the molecule is CC(C)(C)OC(=O)N1CCC2(CC1)[NH2+]C1(CCCCC1)C(=O)N2CC(=O)[O-]. The van der Waals surface area contributed by atoms with Crippen molar-refractivity contribution in [2.45, 2.75) is 82.5 Å². The first kappa shape index (κ1) is 19.9. The van der Waals surface area contributed by atoms with E-state index in [-0.39, 0.29) is 18.5 Å². The highest BCUT2D eigenvalue weighted by atomic mass is 16.6. The van der Waals surface area contributed by atoms with Gasteiger partial charge in [0.15, 0.2) is 11.2 Å². The van der Waals surface area contributed by atoms with E-state index in [4.69, 9.17) is 4.74 Å². The molecule has 2 N–H and O–H groups in total. The molecule has 3 aliphatic rings. The molecule has 0 atom stereocenters. The Bertz CT molecular complexity index is 613. The van der Waals surface area contributed by atoms with Crippen LogP contribution in [0, 0.1) is 0 Å². The molecule has 2 spiro atoms. The number of nitrogens with zero attached hydrogens (tertiary/aromatic N) is 2. The number of carboxylic acids is 1. The Kier molecular flexibility index (Phi) is 5.14. The van der Waals surface area contributed by atoms with E-state index < -0.39 is 22.8 Å². The van der Waals surface area contributed by atoms with Gasteiger partial charge in [-0.1, -0.05) is 6.42 Å². The summed E-state index contributed by atoms with van der Waals surface area (Å²) in [5.41, 5.74) is -1.70. The highest BCUT2D eigenvalue weighted by molar-refractivity contribution is 5.89. The molecule has 0 aromatic carbocycles. The van der Waals surface area contributed by atoms with Crippen LogP contribution in [0.25, 0.3) is 0 Å². The van der Waals surface area contributed by atoms with Gasteiger partial charge in [-0.05, 0) is 33.6 Å². The van der Waals surface area contributed by atoms with E-state index in [1.165, 1.54) is 4.90 Å².